The Morgan fingerprint density at radius 1 is 1.28 bits per heavy atom. The quantitative estimate of drug-likeness (QED) is 0.656. The molecule has 1 aliphatic rings. The maximum atomic E-state index is 5.30. The Balaban J connectivity index is 2.55. The Morgan fingerprint density at radius 2 is 2.00 bits per heavy atom. The molecule has 0 amide bonds. The van der Waals surface area contributed by atoms with Gasteiger partial charge in [-0.15, -0.1) is 12.3 Å². The van der Waals surface area contributed by atoms with E-state index in [1.165, 1.54) is 27.8 Å². The fraction of sp³-hybridized carbons (Fsp3) is 0.333. The predicted octanol–water partition coefficient (Wildman–Crippen LogP) is 4.64. The van der Waals surface area contributed by atoms with Crippen LogP contribution < -0.4 is 0 Å². The van der Waals surface area contributed by atoms with E-state index in [1.807, 2.05) is 0 Å². The first-order valence-corrected chi connectivity index (χ1v) is 6.41. The van der Waals surface area contributed by atoms with E-state index in [2.05, 4.69) is 64.0 Å². The van der Waals surface area contributed by atoms with Gasteiger partial charge in [0, 0.05) is 11.8 Å². The third-order valence-electron chi connectivity index (χ3n) is 4.00. The summed E-state index contributed by atoms with van der Waals surface area (Å²) in [6.45, 7) is 8.97. The van der Waals surface area contributed by atoms with E-state index < -0.39 is 0 Å². The van der Waals surface area contributed by atoms with Crippen molar-refractivity contribution < 1.29 is 0 Å². The third kappa shape index (κ3) is 1.91. The molecule has 0 heterocycles. The van der Waals surface area contributed by atoms with Gasteiger partial charge in [-0.05, 0) is 30.5 Å². The molecular formula is C18H20. The molecule has 18 heavy (non-hydrogen) atoms. The standard InChI is InChI=1S/C18H20/c1-6-7-8-9-15-14(3)18(4,5)17-12-13(2)10-11-16(15)17/h1,8-12H,7H2,2-5H3/b9-8-. The van der Waals surface area contributed by atoms with Crippen molar-refractivity contribution in [2.24, 2.45) is 0 Å². The minimum atomic E-state index is 0.122. The summed E-state index contributed by atoms with van der Waals surface area (Å²) in [4.78, 5) is 0. The average Bonchev–Trinajstić information content (AvgIpc) is 2.51. The maximum Gasteiger partial charge on any atom is 0.0270 e. The van der Waals surface area contributed by atoms with Crippen LogP contribution in [0.15, 0.2) is 35.9 Å². The minimum absolute atomic E-state index is 0.122. The van der Waals surface area contributed by atoms with E-state index in [0.29, 0.717) is 6.42 Å². The zero-order valence-electron chi connectivity index (χ0n) is 11.7. The molecule has 0 saturated carbocycles. The molecule has 0 aliphatic heterocycles. The van der Waals surface area contributed by atoms with Gasteiger partial charge in [0.1, 0.15) is 0 Å². The lowest BCUT2D eigenvalue weighted by molar-refractivity contribution is 0.638. The lowest BCUT2D eigenvalue weighted by Gasteiger charge is -2.22. The summed E-state index contributed by atoms with van der Waals surface area (Å²) >= 11 is 0. The largest absolute Gasteiger partial charge is 0.120 e. The topological polar surface area (TPSA) is 0 Å². The summed E-state index contributed by atoms with van der Waals surface area (Å²) in [7, 11) is 0. The van der Waals surface area contributed by atoms with Crippen molar-refractivity contribution in [2.75, 3.05) is 0 Å². The number of benzene rings is 1. The van der Waals surface area contributed by atoms with E-state index in [1.54, 1.807) is 0 Å². The van der Waals surface area contributed by atoms with E-state index in [0.717, 1.165) is 0 Å². The SMILES string of the molecule is C#CC/C=C\C1=C(C)C(C)(C)c2cc(C)ccc21. The van der Waals surface area contributed by atoms with Crippen molar-refractivity contribution in [3.63, 3.8) is 0 Å². The molecule has 0 heteroatoms. The van der Waals surface area contributed by atoms with Crippen molar-refractivity contribution >= 4 is 5.57 Å². The number of rotatable bonds is 2. The van der Waals surface area contributed by atoms with Crippen molar-refractivity contribution in [1.29, 1.82) is 0 Å². The maximum absolute atomic E-state index is 5.30. The molecule has 0 saturated heterocycles. The molecule has 1 aromatic rings. The summed E-state index contributed by atoms with van der Waals surface area (Å²) < 4.78 is 0. The van der Waals surface area contributed by atoms with Gasteiger partial charge in [0.15, 0.2) is 0 Å². The highest BCUT2D eigenvalue weighted by Gasteiger charge is 2.33. The number of allylic oxidation sites excluding steroid dienone is 4. The lowest BCUT2D eigenvalue weighted by Crippen LogP contribution is -2.15. The average molecular weight is 236 g/mol. The van der Waals surface area contributed by atoms with Gasteiger partial charge < -0.3 is 0 Å². The Kier molecular flexibility index (Phi) is 3.18. The lowest BCUT2D eigenvalue weighted by atomic mass is 9.81. The van der Waals surface area contributed by atoms with E-state index >= 15 is 0 Å². The van der Waals surface area contributed by atoms with Gasteiger partial charge in [0.25, 0.3) is 0 Å². The van der Waals surface area contributed by atoms with Crippen LogP contribution in [0.25, 0.3) is 5.57 Å². The van der Waals surface area contributed by atoms with Gasteiger partial charge in [-0.3, -0.25) is 0 Å². The second kappa shape index (κ2) is 4.50. The Labute approximate surface area is 110 Å². The van der Waals surface area contributed by atoms with Gasteiger partial charge in [-0.1, -0.05) is 55.3 Å². The van der Waals surface area contributed by atoms with Crippen LogP contribution in [0.4, 0.5) is 0 Å². The number of fused-ring (bicyclic) bond motifs is 1. The van der Waals surface area contributed by atoms with E-state index in [9.17, 15) is 0 Å². The van der Waals surface area contributed by atoms with Crippen molar-refractivity contribution in [3.8, 4) is 12.3 Å². The van der Waals surface area contributed by atoms with Crippen LogP contribution in [0.3, 0.4) is 0 Å². The van der Waals surface area contributed by atoms with Crippen molar-refractivity contribution in [2.45, 2.75) is 39.5 Å². The summed E-state index contributed by atoms with van der Waals surface area (Å²) in [5.74, 6) is 2.65. The molecule has 0 spiro atoms. The fourth-order valence-electron chi connectivity index (χ4n) is 2.61. The second-order valence-corrected chi connectivity index (χ2v) is 5.52. The molecule has 0 atom stereocenters. The normalized spacial score (nSPS) is 17.1. The van der Waals surface area contributed by atoms with Gasteiger partial charge in [-0.25, -0.2) is 0 Å². The molecule has 1 aromatic carbocycles. The first-order chi connectivity index (χ1) is 8.48. The zero-order valence-corrected chi connectivity index (χ0v) is 11.7. The summed E-state index contributed by atoms with van der Waals surface area (Å²) in [5, 5.41) is 0. The van der Waals surface area contributed by atoms with Crippen LogP contribution in [-0.2, 0) is 5.41 Å². The highest BCUT2D eigenvalue weighted by Crippen LogP contribution is 2.46. The smallest absolute Gasteiger partial charge is 0.0270 e. The van der Waals surface area contributed by atoms with Gasteiger partial charge >= 0.3 is 0 Å². The van der Waals surface area contributed by atoms with Gasteiger partial charge in [0.2, 0.25) is 0 Å². The molecule has 0 unspecified atom stereocenters. The number of aryl methyl sites for hydroxylation is 1. The van der Waals surface area contributed by atoms with E-state index in [4.69, 9.17) is 6.42 Å². The zero-order chi connectivity index (χ0) is 13.3. The van der Waals surface area contributed by atoms with Crippen LogP contribution >= 0.6 is 0 Å². The molecular weight excluding hydrogens is 216 g/mol. The highest BCUT2D eigenvalue weighted by molar-refractivity contribution is 5.85. The molecule has 1 aliphatic carbocycles. The monoisotopic (exact) mass is 236 g/mol. The van der Waals surface area contributed by atoms with Crippen LogP contribution in [0.5, 0.6) is 0 Å². The number of terminal acetylenes is 1. The highest BCUT2D eigenvalue weighted by atomic mass is 14.4. The molecule has 0 N–H and O–H groups in total. The Hall–Kier alpha value is -1.74. The first kappa shape index (κ1) is 12.7. The molecule has 0 nitrogen and oxygen atoms in total. The van der Waals surface area contributed by atoms with Crippen LogP contribution in [0.1, 0.15) is 43.9 Å². The molecule has 0 fully saturated rings. The fourth-order valence-corrected chi connectivity index (χ4v) is 2.61. The molecule has 0 radical (unpaired) electrons. The van der Waals surface area contributed by atoms with Gasteiger partial charge in [-0.2, -0.15) is 0 Å². The number of hydrogen-bond donors (Lipinski definition) is 0. The predicted molar refractivity (Wildman–Crippen MR) is 79.4 cm³/mol. The minimum Gasteiger partial charge on any atom is -0.120 e. The summed E-state index contributed by atoms with van der Waals surface area (Å²) in [6.07, 6.45) is 10.2. The molecule has 0 aromatic heterocycles. The Morgan fingerprint density at radius 3 is 2.67 bits per heavy atom. The summed E-state index contributed by atoms with van der Waals surface area (Å²) in [6, 6.07) is 6.72. The first-order valence-electron chi connectivity index (χ1n) is 6.41. The molecule has 92 valence electrons. The van der Waals surface area contributed by atoms with Crippen LogP contribution in [0, 0.1) is 19.3 Å². The van der Waals surface area contributed by atoms with Crippen LogP contribution in [0.2, 0.25) is 0 Å². The molecule has 0 bridgehead atoms. The molecule has 2 rings (SSSR count). The van der Waals surface area contributed by atoms with Crippen molar-refractivity contribution in [1.82, 2.24) is 0 Å². The Bertz CT molecular complexity index is 575. The van der Waals surface area contributed by atoms with Gasteiger partial charge in [0.05, 0.1) is 0 Å². The second-order valence-electron chi connectivity index (χ2n) is 5.52. The van der Waals surface area contributed by atoms with Crippen molar-refractivity contribution in [3.05, 3.63) is 52.6 Å². The third-order valence-corrected chi connectivity index (χ3v) is 4.00. The number of hydrogen-bond acceptors (Lipinski definition) is 0. The van der Waals surface area contributed by atoms with E-state index in [-0.39, 0.29) is 5.41 Å². The van der Waals surface area contributed by atoms with Crippen LogP contribution in [-0.4, -0.2) is 0 Å². The summed E-state index contributed by atoms with van der Waals surface area (Å²) in [5.41, 5.74) is 7.00.